The molecular formula is C19H25NO3S. The molecule has 0 saturated heterocycles. The van der Waals surface area contributed by atoms with Crippen molar-refractivity contribution < 1.29 is 14.3 Å². The fourth-order valence-electron chi connectivity index (χ4n) is 2.23. The normalized spacial score (nSPS) is 10.5. The maximum Gasteiger partial charge on any atom is 0.251 e. The van der Waals surface area contributed by atoms with Crippen LogP contribution in [-0.4, -0.2) is 19.1 Å². The highest BCUT2D eigenvalue weighted by Gasteiger charge is 2.12. The quantitative estimate of drug-likeness (QED) is 0.730. The highest BCUT2D eigenvalue weighted by Crippen LogP contribution is 2.28. The number of nitrogens with one attached hydrogen (secondary N) is 1. The number of hydrogen-bond donors (Lipinski definition) is 1. The zero-order valence-electron chi connectivity index (χ0n) is 14.6. The first-order chi connectivity index (χ1) is 11.7. The Kier molecular flexibility index (Phi) is 7.12. The number of hydrogen-bond acceptors (Lipinski definition) is 4. The minimum Gasteiger partial charge on any atom is -0.490 e. The van der Waals surface area contributed by atoms with Gasteiger partial charge in [-0.2, -0.15) is 0 Å². The van der Waals surface area contributed by atoms with Gasteiger partial charge < -0.3 is 14.8 Å². The van der Waals surface area contributed by atoms with Gasteiger partial charge in [0, 0.05) is 15.3 Å². The lowest BCUT2D eigenvalue weighted by Crippen LogP contribution is -2.22. The highest BCUT2D eigenvalue weighted by atomic mass is 32.1. The van der Waals surface area contributed by atoms with Crippen LogP contribution in [0.1, 0.15) is 47.3 Å². The second-order valence-corrected chi connectivity index (χ2v) is 6.60. The molecule has 0 bridgehead atoms. The van der Waals surface area contributed by atoms with Crippen molar-refractivity contribution in [3.05, 3.63) is 45.6 Å². The molecule has 0 aliphatic rings. The van der Waals surface area contributed by atoms with Gasteiger partial charge in [-0.25, -0.2) is 0 Å². The van der Waals surface area contributed by atoms with Gasteiger partial charge >= 0.3 is 0 Å². The Morgan fingerprint density at radius 3 is 2.50 bits per heavy atom. The minimum absolute atomic E-state index is 0.107. The van der Waals surface area contributed by atoms with Crippen molar-refractivity contribution in [2.45, 2.75) is 40.2 Å². The summed E-state index contributed by atoms with van der Waals surface area (Å²) < 4.78 is 11.3. The van der Waals surface area contributed by atoms with E-state index in [1.165, 1.54) is 4.88 Å². The van der Waals surface area contributed by atoms with E-state index in [1.807, 2.05) is 6.92 Å². The largest absolute Gasteiger partial charge is 0.490 e. The van der Waals surface area contributed by atoms with Crippen molar-refractivity contribution in [3.8, 4) is 11.5 Å². The SMILES string of the molecule is CCCOc1ccc(C(=O)NCc2ccc(CC)s2)cc1OCC. The third kappa shape index (κ3) is 4.99. The minimum atomic E-state index is -0.107. The summed E-state index contributed by atoms with van der Waals surface area (Å²) in [6, 6.07) is 9.50. The van der Waals surface area contributed by atoms with E-state index >= 15 is 0 Å². The van der Waals surface area contributed by atoms with E-state index in [9.17, 15) is 4.79 Å². The molecular weight excluding hydrogens is 322 g/mol. The zero-order valence-corrected chi connectivity index (χ0v) is 15.4. The van der Waals surface area contributed by atoms with Gasteiger partial charge in [0.15, 0.2) is 11.5 Å². The van der Waals surface area contributed by atoms with E-state index < -0.39 is 0 Å². The van der Waals surface area contributed by atoms with Crippen LogP contribution in [0.25, 0.3) is 0 Å². The Morgan fingerprint density at radius 1 is 1.04 bits per heavy atom. The second-order valence-electron chi connectivity index (χ2n) is 5.35. The van der Waals surface area contributed by atoms with Crippen molar-refractivity contribution in [1.82, 2.24) is 5.32 Å². The molecule has 1 aromatic heterocycles. The fourth-order valence-corrected chi connectivity index (χ4v) is 3.12. The van der Waals surface area contributed by atoms with Crippen LogP contribution in [0.2, 0.25) is 0 Å². The molecule has 24 heavy (non-hydrogen) atoms. The van der Waals surface area contributed by atoms with Crippen molar-refractivity contribution in [2.24, 2.45) is 0 Å². The average Bonchev–Trinajstić information content (AvgIpc) is 3.07. The summed E-state index contributed by atoms with van der Waals surface area (Å²) in [5, 5.41) is 2.96. The molecule has 0 atom stereocenters. The molecule has 0 unspecified atom stereocenters. The van der Waals surface area contributed by atoms with Crippen molar-refractivity contribution in [3.63, 3.8) is 0 Å². The lowest BCUT2D eigenvalue weighted by atomic mass is 10.2. The number of carbonyl (C=O) groups excluding carboxylic acids is 1. The summed E-state index contributed by atoms with van der Waals surface area (Å²) in [7, 11) is 0. The van der Waals surface area contributed by atoms with E-state index in [1.54, 1.807) is 29.5 Å². The van der Waals surface area contributed by atoms with Gasteiger partial charge in [-0.1, -0.05) is 13.8 Å². The molecule has 2 rings (SSSR count). The van der Waals surface area contributed by atoms with Crippen molar-refractivity contribution >= 4 is 17.2 Å². The lowest BCUT2D eigenvalue weighted by molar-refractivity contribution is 0.0950. The summed E-state index contributed by atoms with van der Waals surface area (Å²) in [5.41, 5.74) is 0.578. The van der Waals surface area contributed by atoms with Gasteiger partial charge in [0.1, 0.15) is 0 Å². The first-order valence-electron chi connectivity index (χ1n) is 8.43. The fraction of sp³-hybridized carbons (Fsp3) is 0.421. The molecule has 5 heteroatoms. The standard InChI is InChI=1S/C19H25NO3S/c1-4-11-23-17-10-7-14(12-18(17)22-6-3)19(21)20-13-16-9-8-15(5-2)24-16/h7-10,12H,4-6,11,13H2,1-3H3,(H,20,21). The number of amides is 1. The molecule has 1 heterocycles. The van der Waals surface area contributed by atoms with Crippen LogP contribution >= 0.6 is 11.3 Å². The highest BCUT2D eigenvalue weighted by molar-refractivity contribution is 7.11. The van der Waals surface area contributed by atoms with Crippen molar-refractivity contribution in [1.29, 1.82) is 0 Å². The van der Waals surface area contributed by atoms with E-state index in [-0.39, 0.29) is 5.91 Å². The smallest absolute Gasteiger partial charge is 0.251 e. The third-order valence-electron chi connectivity index (χ3n) is 3.46. The molecule has 0 fully saturated rings. The number of rotatable bonds is 9. The number of aryl methyl sites for hydroxylation is 1. The summed E-state index contributed by atoms with van der Waals surface area (Å²) in [5.74, 6) is 1.19. The summed E-state index contributed by atoms with van der Waals surface area (Å²) in [6.07, 6.45) is 1.95. The average molecular weight is 347 g/mol. The van der Waals surface area contributed by atoms with E-state index in [2.05, 4.69) is 31.3 Å². The Balaban J connectivity index is 2.03. The van der Waals surface area contributed by atoms with Crippen LogP contribution < -0.4 is 14.8 Å². The number of thiophene rings is 1. The maximum atomic E-state index is 12.4. The van der Waals surface area contributed by atoms with E-state index in [0.717, 1.165) is 17.7 Å². The monoisotopic (exact) mass is 347 g/mol. The second kappa shape index (κ2) is 9.33. The lowest BCUT2D eigenvalue weighted by Gasteiger charge is -2.13. The van der Waals surface area contributed by atoms with Gasteiger partial charge in [-0.3, -0.25) is 4.79 Å². The third-order valence-corrected chi connectivity index (χ3v) is 4.69. The number of ether oxygens (including phenoxy) is 2. The van der Waals surface area contributed by atoms with E-state index in [0.29, 0.717) is 36.8 Å². The maximum absolute atomic E-state index is 12.4. The predicted octanol–water partition coefficient (Wildman–Crippen LogP) is 4.43. The van der Waals surface area contributed by atoms with Gasteiger partial charge in [-0.15, -0.1) is 11.3 Å². The molecule has 0 saturated carbocycles. The molecule has 0 radical (unpaired) electrons. The van der Waals surface area contributed by atoms with Crippen LogP contribution in [-0.2, 0) is 13.0 Å². The van der Waals surface area contributed by atoms with Gasteiger partial charge in [0.05, 0.1) is 19.8 Å². The molecule has 0 aliphatic heterocycles. The van der Waals surface area contributed by atoms with Crippen LogP contribution in [0.4, 0.5) is 0 Å². The van der Waals surface area contributed by atoms with Gasteiger partial charge in [-0.05, 0) is 50.1 Å². The number of benzene rings is 1. The van der Waals surface area contributed by atoms with Crippen LogP contribution in [0, 0.1) is 0 Å². The van der Waals surface area contributed by atoms with Crippen LogP contribution in [0.5, 0.6) is 11.5 Å². The Morgan fingerprint density at radius 2 is 1.83 bits per heavy atom. The van der Waals surface area contributed by atoms with Crippen LogP contribution in [0.15, 0.2) is 30.3 Å². The summed E-state index contributed by atoms with van der Waals surface area (Å²) >= 11 is 1.73. The topological polar surface area (TPSA) is 47.6 Å². The Bertz CT molecular complexity index is 666. The Labute approximate surface area is 147 Å². The zero-order chi connectivity index (χ0) is 17.4. The first kappa shape index (κ1) is 18.3. The molecule has 2 aromatic rings. The van der Waals surface area contributed by atoms with Crippen LogP contribution in [0.3, 0.4) is 0 Å². The van der Waals surface area contributed by atoms with E-state index in [4.69, 9.17) is 9.47 Å². The predicted molar refractivity (Wildman–Crippen MR) is 98.3 cm³/mol. The first-order valence-corrected chi connectivity index (χ1v) is 9.25. The molecule has 1 amide bonds. The van der Waals surface area contributed by atoms with Gasteiger partial charge in [0.2, 0.25) is 0 Å². The summed E-state index contributed by atoms with van der Waals surface area (Å²) in [6.45, 7) is 7.80. The number of carbonyl (C=O) groups is 1. The Hall–Kier alpha value is -2.01. The molecule has 130 valence electrons. The molecule has 0 aliphatic carbocycles. The molecule has 1 aromatic carbocycles. The molecule has 0 spiro atoms. The summed E-state index contributed by atoms with van der Waals surface area (Å²) in [4.78, 5) is 14.9. The molecule has 1 N–H and O–H groups in total. The van der Waals surface area contributed by atoms with Gasteiger partial charge in [0.25, 0.3) is 5.91 Å². The molecule has 4 nitrogen and oxygen atoms in total. The van der Waals surface area contributed by atoms with Crippen molar-refractivity contribution in [2.75, 3.05) is 13.2 Å².